The highest BCUT2D eigenvalue weighted by Gasteiger charge is 2.40. The van der Waals surface area contributed by atoms with E-state index in [2.05, 4.69) is 0 Å². The van der Waals surface area contributed by atoms with Crippen molar-refractivity contribution in [3.8, 4) is 0 Å². The Kier molecular flexibility index (Phi) is 4.50. The van der Waals surface area contributed by atoms with E-state index in [1.165, 1.54) is 0 Å². The van der Waals surface area contributed by atoms with Gasteiger partial charge >= 0.3 is 17.3 Å². The van der Waals surface area contributed by atoms with Gasteiger partial charge < -0.3 is 4.74 Å². The maximum atomic E-state index is 11.3. The summed E-state index contributed by atoms with van der Waals surface area (Å²) in [7, 11) is 0. The lowest BCUT2D eigenvalue weighted by Crippen LogP contribution is -2.32. The van der Waals surface area contributed by atoms with Crippen LogP contribution in [0.5, 0.6) is 0 Å². The lowest BCUT2D eigenvalue weighted by Gasteiger charge is -2.12. The minimum atomic E-state index is -1.81. The highest BCUT2D eigenvalue weighted by molar-refractivity contribution is 7.75. The first-order chi connectivity index (χ1) is 6.69. The Morgan fingerprint density at radius 3 is 2.71 bits per heavy atom. The molecule has 1 aliphatic heterocycles. The highest BCUT2D eigenvalue weighted by atomic mass is 32.2. The standard InChI is InChI=1S/C8H14O5S/c1-3-5-6-7(8(9)11-4-2)13-14(10)12-6/h6-7H,3-5H2,1-2H3/t6-,7+,14?/m1/s1. The molecule has 0 aromatic rings. The second kappa shape index (κ2) is 5.43. The van der Waals surface area contributed by atoms with E-state index in [9.17, 15) is 9.00 Å². The van der Waals surface area contributed by atoms with E-state index >= 15 is 0 Å². The number of hydrogen-bond donors (Lipinski definition) is 0. The Balaban J connectivity index is 2.56. The quantitative estimate of drug-likeness (QED) is 0.656. The fraction of sp³-hybridized carbons (Fsp3) is 0.875. The molecule has 82 valence electrons. The Hall–Kier alpha value is -0.460. The predicted octanol–water partition coefficient (Wildman–Crippen LogP) is 0.712. The molecule has 0 radical (unpaired) electrons. The molecular formula is C8H14O5S. The molecule has 1 saturated heterocycles. The van der Waals surface area contributed by atoms with Gasteiger partial charge in [0.1, 0.15) is 6.10 Å². The van der Waals surface area contributed by atoms with Gasteiger partial charge in [-0.25, -0.2) is 4.79 Å². The lowest BCUT2D eigenvalue weighted by molar-refractivity contribution is -0.152. The summed E-state index contributed by atoms with van der Waals surface area (Å²) in [5.74, 6) is -0.503. The fourth-order valence-electron chi connectivity index (χ4n) is 1.22. The molecule has 1 unspecified atom stereocenters. The van der Waals surface area contributed by atoms with Crippen molar-refractivity contribution in [3.63, 3.8) is 0 Å². The molecular weight excluding hydrogens is 208 g/mol. The molecule has 0 saturated carbocycles. The van der Waals surface area contributed by atoms with Crippen molar-refractivity contribution in [1.82, 2.24) is 0 Å². The van der Waals surface area contributed by atoms with Crippen LogP contribution in [0.1, 0.15) is 26.7 Å². The second-order valence-electron chi connectivity index (χ2n) is 2.90. The molecule has 1 fully saturated rings. The van der Waals surface area contributed by atoms with Gasteiger partial charge in [0.25, 0.3) is 0 Å². The van der Waals surface area contributed by atoms with Gasteiger partial charge in [-0.15, -0.1) is 0 Å². The zero-order valence-electron chi connectivity index (χ0n) is 8.23. The van der Waals surface area contributed by atoms with Gasteiger partial charge in [-0.05, 0) is 13.3 Å². The molecule has 0 N–H and O–H groups in total. The normalized spacial score (nSPS) is 31.7. The third kappa shape index (κ3) is 2.76. The number of carbonyl (C=O) groups excluding carboxylic acids is 1. The average molecular weight is 222 g/mol. The van der Waals surface area contributed by atoms with Gasteiger partial charge in [0.2, 0.25) is 6.10 Å². The summed E-state index contributed by atoms with van der Waals surface area (Å²) in [6, 6.07) is 0. The van der Waals surface area contributed by atoms with Crippen molar-refractivity contribution in [2.45, 2.75) is 38.9 Å². The van der Waals surface area contributed by atoms with Crippen molar-refractivity contribution in [1.29, 1.82) is 0 Å². The summed E-state index contributed by atoms with van der Waals surface area (Å²) in [6.45, 7) is 3.94. The van der Waals surface area contributed by atoms with E-state index in [0.717, 1.165) is 6.42 Å². The topological polar surface area (TPSA) is 61.8 Å². The minimum absolute atomic E-state index is 0.282. The van der Waals surface area contributed by atoms with Crippen molar-refractivity contribution < 1.29 is 22.1 Å². The van der Waals surface area contributed by atoms with Crippen LogP contribution < -0.4 is 0 Å². The molecule has 1 rings (SSSR count). The van der Waals surface area contributed by atoms with Gasteiger partial charge in [0.15, 0.2) is 0 Å². The zero-order chi connectivity index (χ0) is 10.6. The third-order valence-electron chi connectivity index (χ3n) is 1.81. The van der Waals surface area contributed by atoms with Gasteiger partial charge in [0, 0.05) is 0 Å². The zero-order valence-corrected chi connectivity index (χ0v) is 9.04. The van der Waals surface area contributed by atoms with Crippen LogP contribution in [0.2, 0.25) is 0 Å². The first kappa shape index (κ1) is 11.6. The van der Waals surface area contributed by atoms with Crippen molar-refractivity contribution in [2.24, 2.45) is 0 Å². The molecule has 3 atom stereocenters. The fourth-order valence-corrected chi connectivity index (χ4v) is 2.04. The third-order valence-corrected chi connectivity index (χ3v) is 2.58. The van der Waals surface area contributed by atoms with Crippen LogP contribution >= 0.6 is 0 Å². The van der Waals surface area contributed by atoms with Crippen molar-refractivity contribution in [3.05, 3.63) is 0 Å². The molecule has 0 aromatic carbocycles. The Bertz CT molecular complexity index is 230. The lowest BCUT2D eigenvalue weighted by atomic mass is 10.1. The minimum Gasteiger partial charge on any atom is -0.464 e. The smallest absolute Gasteiger partial charge is 0.339 e. The molecule has 0 amide bonds. The van der Waals surface area contributed by atoms with Gasteiger partial charge in [-0.1, -0.05) is 13.3 Å². The van der Waals surface area contributed by atoms with Crippen molar-refractivity contribution in [2.75, 3.05) is 6.61 Å². The molecule has 0 aliphatic carbocycles. The SMILES string of the molecule is CCC[C@H]1OS(=O)O[C@@H]1C(=O)OCC. The number of esters is 1. The molecule has 6 heteroatoms. The number of hydrogen-bond acceptors (Lipinski definition) is 5. The molecule has 0 bridgehead atoms. The van der Waals surface area contributed by atoms with Crippen LogP contribution in [0.25, 0.3) is 0 Å². The van der Waals surface area contributed by atoms with Gasteiger partial charge in [-0.2, -0.15) is 4.21 Å². The van der Waals surface area contributed by atoms with E-state index < -0.39 is 29.5 Å². The summed E-state index contributed by atoms with van der Waals surface area (Å²) < 4.78 is 25.4. The van der Waals surface area contributed by atoms with E-state index in [-0.39, 0.29) is 6.61 Å². The molecule has 0 spiro atoms. The van der Waals surface area contributed by atoms with Crippen LogP contribution in [-0.4, -0.2) is 29.0 Å². The summed E-state index contributed by atoms with van der Waals surface area (Å²) in [6.07, 6.45) is 0.187. The summed E-state index contributed by atoms with van der Waals surface area (Å²) in [4.78, 5) is 11.3. The monoisotopic (exact) mass is 222 g/mol. The van der Waals surface area contributed by atoms with E-state index in [1.54, 1.807) is 6.92 Å². The van der Waals surface area contributed by atoms with Gasteiger partial charge in [0.05, 0.1) is 6.61 Å². The number of carbonyl (C=O) groups is 1. The van der Waals surface area contributed by atoms with Gasteiger partial charge in [-0.3, -0.25) is 8.37 Å². The summed E-state index contributed by atoms with van der Waals surface area (Å²) in [5, 5.41) is 0. The summed E-state index contributed by atoms with van der Waals surface area (Å²) >= 11 is -1.81. The number of ether oxygens (including phenoxy) is 1. The predicted molar refractivity (Wildman–Crippen MR) is 49.4 cm³/mol. The largest absolute Gasteiger partial charge is 0.464 e. The highest BCUT2D eigenvalue weighted by Crippen LogP contribution is 2.22. The van der Waals surface area contributed by atoms with Crippen LogP contribution in [0.3, 0.4) is 0 Å². The Morgan fingerprint density at radius 1 is 1.43 bits per heavy atom. The maximum Gasteiger partial charge on any atom is 0.339 e. The maximum absolute atomic E-state index is 11.3. The molecule has 14 heavy (non-hydrogen) atoms. The van der Waals surface area contributed by atoms with Crippen LogP contribution in [0.4, 0.5) is 0 Å². The van der Waals surface area contributed by atoms with E-state index in [0.29, 0.717) is 6.42 Å². The first-order valence-electron chi connectivity index (χ1n) is 4.61. The Labute approximate surface area is 85.6 Å². The molecule has 1 heterocycles. The first-order valence-corrected chi connectivity index (χ1v) is 5.61. The Morgan fingerprint density at radius 2 is 2.14 bits per heavy atom. The van der Waals surface area contributed by atoms with Crippen molar-refractivity contribution >= 4 is 17.3 Å². The van der Waals surface area contributed by atoms with Crippen LogP contribution in [-0.2, 0) is 29.3 Å². The molecule has 5 nitrogen and oxygen atoms in total. The van der Waals surface area contributed by atoms with Crippen LogP contribution in [0, 0.1) is 0 Å². The second-order valence-corrected chi connectivity index (χ2v) is 3.69. The van der Waals surface area contributed by atoms with E-state index in [4.69, 9.17) is 13.1 Å². The summed E-state index contributed by atoms with van der Waals surface area (Å²) in [5.41, 5.74) is 0. The van der Waals surface area contributed by atoms with E-state index in [1.807, 2.05) is 6.92 Å². The van der Waals surface area contributed by atoms with Crippen LogP contribution in [0.15, 0.2) is 0 Å². The molecule has 1 aliphatic rings. The average Bonchev–Trinajstić information content (AvgIpc) is 2.48. The molecule has 0 aromatic heterocycles. The number of rotatable bonds is 4.